The van der Waals surface area contributed by atoms with Crippen molar-refractivity contribution < 1.29 is 4.39 Å². The van der Waals surface area contributed by atoms with Crippen molar-refractivity contribution in [1.29, 1.82) is 0 Å². The highest BCUT2D eigenvalue weighted by Crippen LogP contribution is 2.46. The van der Waals surface area contributed by atoms with Crippen LogP contribution in [0.5, 0.6) is 0 Å². The summed E-state index contributed by atoms with van der Waals surface area (Å²) in [6.45, 7) is 6.64. The highest BCUT2D eigenvalue weighted by Gasteiger charge is 2.47. The molecule has 0 radical (unpaired) electrons. The van der Waals surface area contributed by atoms with Gasteiger partial charge >= 0.3 is 0 Å². The van der Waals surface area contributed by atoms with E-state index >= 15 is 0 Å². The Morgan fingerprint density at radius 2 is 1.93 bits per heavy atom. The smallest absolute Gasteiger partial charge is 0.102 e. The number of nitrogens with zero attached hydrogens (tertiary/aromatic N) is 1. The third kappa shape index (κ3) is 2.04. The van der Waals surface area contributed by atoms with E-state index in [1.54, 1.807) is 0 Å². The van der Waals surface area contributed by atoms with Gasteiger partial charge in [-0.05, 0) is 58.0 Å². The summed E-state index contributed by atoms with van der Waals surface area (Å²) in [5.74, 6) is 0. The zero-order valence-corrected chi connectivity index (χ0v) is 9.88. The van der Waals surface area contributed by atoms with E-state index in [4.69, 9.17) is 5.73 Å². The first kappa shape index (κ1) is 11.3. The summed E-state index contributed by atoms with van der Waals surface area (Å²) in [6.07, 6.45) is 2.83. The molecule has 2 atom stereocenters. The second-order valence-electron chi connectivity index (χ2n) is 5.64. The second kappa shape index (κ2) is 4.02. The largest absolute Gasteiger partial charge is 0.327 e. The highest BCUT2D eigenvalue weighted by molar-refractivity contribution is 5.01. The van der Waals surface area contributed by atoms with E-state index in [1.807, 2.05) is 0 Å². The van der Waals surface area contributed by atoms with Crippen LogP contribution in [0.2, 0.25) is 0 Å². The molecule has 1 aliphatic carbocycles. The molecule has 1 heterocycles. The molecule has 0 amide bonds. The summed E-state index contributed by atoms with van der Waals surface area (Å²) in [7, 11) is 0. The lowest BCUT2D eigenvalue weighted by molar-refractivity contribution is 0.0718. The molecule has 1 saturated carbocycles. The lowest BCUT2D eigenvalue weighted by Crippen LogP contribution is -2.48. The number of likely N-dealkylation sites (tertiary alicyclic amines) is 1. The second-order valence-corrected chi connectivity index (χ2v) is 5.64. The Kier molecular flexibility index (Phi) is 3.04. The molecule has 0 bridgehead atoms. The number of rotatable bonds is 1. The minimum Gasteiger partial charge on any atom is -0.327 e. The quantitative estimate of drug-likeness (QED) is 0.722. The molecule has 0 aromatic heterocycles. The molecule has 15 heavy (non-hydrogen) atoms. The van der Waals surface area contributed by atoms with E-state index in [-0.39, 0.29) is 11.5 Å². The average molecular weight is 214 g/mol. The van der Waals surface area contributed by atoms with Gasteiger partial charge in [-0.25, -0.2) is 4.39 Å². The third-order valence-corrected chi connectivity index (χ3v) is 4.45. The van der Waals surface area contributed by atoms with Gasteiger partial charge in [0.05, 0.1) is 0 Å². The minimum absolute atomic E-state index is 0.0989. The molecule has 2 aliphatic rings. The van der Waals surface area contributed by atoms with Crippen molar-refractivity contribution in [2.45, 2.75) is 57.8 Å². The fourth-order valence-electron chi connectivity index (χ4n) is 3.26. The predicted molar refractivity (Wildman–Crippen MR) is 60.5 cm³/mol. The fourth-order valence-corrected chi connectivity index (χ4v) is 3.26. The molecule has 2 rings (SSSR count). The van der Waals surface area contributed by atoms with Crippen molar-refractivity contribution >= 4 is 0 Å². The van der Waals surface area contributed by atoms with Gasteiger partial charge in [-0.15, -0.1) is 0 Å². The van der Waals surface area contributed by atoms with Crippen LogP contribution >= 0.6 is 0 Å². The van der Waals surface area contributed by atoms with E-state index in [9.17, 15) is 4.39 Å². The molecule has 1 spiro atoms. The molecule has 0 aromatic carbocycles. The number of halogens is 1. The van der Waals surface area contributed by atoms with Gasteiger partial charge in [0.1, 0.15) is 6.17 Å². The van der Waals surface area contributed by atoms with Crippen LogP contribution in [0.4, 0.5) is 4.39 Å². The van der Waals surface area contributed by atoms with Gasteiger partial charge < -0.3 is 10.6 Å². The maximum absolute atomic E-state index is 13.4. The minimum atomic E-state index is -0.648. The van der Waals surface area contributed by atoms with Crippen molar-refractivity contribution in [2.24, 2.45) is 11.1 Å². The van der Waals surface area contributed by atoms with Crippen molar-refractivity contribution in [3.05, 3.63) is 0 Å². The van der Waals surface area contributed by atoms with Gasteiger partial charge in [-0.1, -0.05) is 0 Å². The Balaban J connectivity index is 1.97. The lowest BCUT2D eigenvalue weighted by Gasteiger charge is -2.43. The number of alkyl halides is 1. The SMILES string of the molecule is CC(C)N1CCC2(CC1)CC(F)C[C@H]2N. The fraction of sp³-hybridized carbons (Fsp3) is 1.00. The van der Waals surface area contributed by atoms with Crippen LogP contribution in [0, 0.1) is 5.41 Å². The molecule has 1 saturated heterocycles. The maximum Gasteiger partial charge on any atom is 0.102 e. The van der Waals surface area contributed by atoms with Crippen LogP contribution in [0.3, 0.4) is 0 Å². The van der Waals surface area contributed by atoms with Crippen LogP contribution in [0.1, 0.15) is 39.5 Å². The van der Waals surface area contributed by atoms with Gasteiger partial charge in [0.2, 0.25) is 0 Å². The van der Waals surface area contributed by atoms with Gasteiger partial charge in [-0.3, -0.25) is 0 Å². The molecule has 2 N–H and O–H groups in total. The Morgan fingerprint density at radius 1 is 1.33 bits per heavy atom. The number of nitrogens with two attached hydrogens (primary N) is 1. The first-order valence-electron chi connectivity index (χ1n) is 6.17. The van der Waals surface area contributed by atoms with E-state index in [2.05, 4.69) is 18.7 Å². The zero-order valence-electron chi connectivity index (χ0n) is 9.88. The summed E-state index contributed by atoms with van der Waals surface area (Å²) < 4.78 is 13.4. The summed E-state index contributed by atoms with van der Waals surface area (Å²) in [6, 6.07) is 0.711. The Bertz CT molecular complexity index is 222. The number of hydrogen-bond acceptors (Lipinski definition) is 2. The van der Waals surface area contributed by atoms with E-state index < -0.39 is 6.17 Å². The number of piperidine rings is 1. The molecule has 0 aromatic rings. The topological polar surface area (TPSA) is 29.3 Å². The molecular formula is C12H23FN2. The lowest BCUT2D eigenvalue weighted by atomic mass is 9.74. The number of hydrogen-bond donors (Lipinski definition) is 1. The summed E-state index contributed by atoms with van der Waals surface area (Å²) in [4.78, 5) is 2.48. The van der Waals surface area contributed by atoms with Gasteiger partial charge in [0.15, 0.2) is 0 Å². The Labute approximate surface area is 92.0 Å². The maximum atomic E-state index is 13.4. The zero-order chi connectivity index (χ0) is 11.1. The van der Waals surface area contributed by atoms with Crippen LogP contribution in [-0.4, -0.2) is 36.2 Å². The van der Waals surface area contributed by atoms with Crippen molar-refractivity contribution in [3.63, 3.8) is 0 Å². The average Bonchev–Trinajstić information content (AvgIpc) is 2.42. The van der Waals surface area contributed by atoms with Crippen molar-refractivity contribution in [2.75, 3.05) is 13.1 Å². The first-order valence-corrected chi connectivity index (χ1v) is 6.17. The standard InChI is InChI=1S/C12H23FN2/c1-9(2)15-5-3-12(4-6-15)8-10(13)7-11(12)14/h9-11H,3-8,14H2,1-2H3/t10?,11-/m1/s1. The van der Waals surface area contributed by atoms with E-state index in [0.29, 0.717) is 18.9 Å². The first-order chi connectivity index (χ1) is 7.03. The molecule has 88 valence electrons. The van der Waals surface area contributed by atoms with Crippen molar-refractivity contribution in [3.8, 4) is 0 Å². The highest BCUT2D eigenvalue weighted by atomic mass is 19.1. The Morgan fingerprint density at radius 3 is 2.33 bits per heavy atom. The van der Waals surface area contributed by atoms with Gasteiger partial charge in [0.25, 0.3) is 0 Å². The van der Waals surface area contributed by atoms with Gasteiger partial charge in [-0.2, -0.15) is 0 Å². The molecular weight excluding hydrogens is 191 g/mol. The molecule has 2 nitrogen and oxygen atoms in total. The van der Waals surface area contributed by atoms with Crippen LogP contribution < -0.4 is 5.73 Å². The van der Waals surface area contributed by atoms with Crippen LogP contribution in [-0.2, 0) is 0 Å². The van der Waals surface area contributed by atoms with Gasteiger partial charge in [0, 0.05) is 12.1 Å². The normalized spacial score (nSPS) is 36.6. The van der Waals surface area contributed by atoms with Crippen LogP contribution in [0.25, 0.3) is 0 Å². The third-order valence-electron chi connectivity index (χ3n) is 4.45. The monoisotopic (exact) mass is 214 g/mol. The summed E-state index contributed by atoms with van der Waals surface area (Å²) in [5.41, 5.74) is 6.23. The Hall–Kier alpha value is -0.150. The summed E-state index contributed by atoms with van der Waals surface area (Å²) in [5, 5.41) is 0. The van der Waals surface area contributed by atoms with E-state index in [1.165, 1.54) is 0 Å². The molecule has 3 heteroatoms. The van der Waals surface area contributed by atoms with E-state index in [0.717, 1.165) is 25.9 Å². The molecule has 1 aliphatic heterocycles. The summed E-state index contributed by atoms with van der Waals surface area (Å²) >= 11 is 0. The molecule has 2 fully saturated rings. The molecule has 1 unspecified atom stereocenters. The van der Waals surface area contributed by atoms with Crippen molar-refractivity contribution in [1.82, 2.24) is 4.90 Å². The van der Waals surface area contributed by atoms with Crippen LogP contribution in [0.15, 0.2) is 0 Å². The predicted octanol–water partition coefficient (Wildman–Crippen LogP) is 1.94.